The second-order valence-corrected chi connectivity index (χ2v) is 5.39. The predicted molar refractivity (Wildman–Crippen MR) is 68.5 cm³/mol. The van der Waals surface area contributed by atoms with Gasteiger partial charge in [0.2, 0.25) is 0 Å². The first-order valence-corrected chi connectivity index (χ1v) is 6.01. The largest absolute Gasteiger partial charge is 0.0625 e. The van der Waals surface area contributed by atoms with Crippen LogP contribution in [-0.2, 0) is 6.42 Å². The molecule has 0 saturated carbocycles. The van der Waals surface area contributed by atoms with Crippen LogP contribution in [0.25, 0.3) is 0 Å². The second-order valence-electron chi connectivity index (χ2n) is 5.39. The lowest BCUT2D eigenvalue weighted by Crippen LogP contribution is -2.03. The lowest BCUT2D eigenvalue weighted by Gasteiger charge is -2.17. The van der Waals surface area contributed by atoms with Crippen LogP contribution in [0.4, 0.5) is 0 Å². The minimum absolute atomic E-state index is 0.637. The minimum Gasteiger partial charge on any atom is -0.0625 e. The monoisotopic (exact) mass is 204 g/mol. The first kappa shape index (κ1) is 12.3. The summed E-state index contributed by atoms with van der Waals surface area (Å²) in [7, 11) is 0. The van der Waals surface area contributed by atoms with Gasteiger partial charge in [0.1, 0.15) is 0 Å². The van der Waals surface area contributed by atoms with Crippen LogP contribution in [0, 0.1) is 19.8 Å². The number of benzene rings is 1. The van der Waals surface area contributed by atoms with E-state index in [1.54, 1.807) is 5.56 Å². The highest BCUT2D eigenvalue weighted by Gasteiger charge is 2.09. The first-order chi connectivity index (χ1) is 6.91. The summed E-state index contributed by atoms with van der Waals surface area (Å²) in [6, 6.07) is 4.75. The Balaban J connectivity index is 3.16. The van der Waals surface area contributed by atoms with Crippen LogP contribution < -0.4 is 0 Å². The maximum absolute atomic E-state index is 2.38. The molecule has 0 heteroatoms. The Labute approximate surface area is 94.7 Å². The van der Waals surface area contributed by atoms with Crippen molar-refractivity contribution in [2.45, 2.75) is 53.9 Å². The molecular weight excluding hydrogens is 180 g/mol. The highest BCUT2D eigenvalue weighted by Crippen LogP contribution is 2.25. The fourth-order valence-corrected chi connectivity index (χ4v) is 2.05. The summed E-state index contributed by atoms with van der Waals surface area (Å²) >= 11 is 0. The van der Waals surface area contributed by atoms with Gasteiger partial charge in [-0.3, -0.25) is 0 Å². The Kier molecular flexibility index (Phi) is 3.96. The van der Waals surface area contributed by atoms with Crippen molar-refractivity contribution in [1.29, 1.82) is 0 Å². The van der Waals surface area contributed by atoms with Gasteiger partial charge in [-0.05, 0) is 54.4 Å². The van der Waals surface area contributed by atoms with E-state index in [0.29, 0.717) is 5.92 Å². The van der Waals surface area contributed by atoms with E-state index in [1.165, 1.54) is 23.1 Å². The van der Waals surface area contributed by atoms with Gasteiger partial charge in [-0.1, -0.05) is 39.8 Å². The molecular formula is C15H24. The molecule has 0 aliphatic carbocycles. The molecule has 1 aromatic carbocycles. The standard InChI is InChI=1S/C15H24/c1-10(2)7-14-8-12(5)13(6)9-15(14)11(3)4/h8-11H,7H2,1-6H3. The Morgan fingerprint density at radius 3 is 1.93 bits per heavy atom. The summed E-state index contributed by atoms with van der Waals surface area (Å²) in [6.45, 7) is 13.6. The molecule has 0 aliphatic rings. The molecule has 0 nitrogen and oxygen atoms in total. The molecule has 0 radical (unpaired) electrons. The van der Waals surface area contributed by atoms with Crippen LogP contribution in [0.5, 0.6) is 0 Å². The van der Waals surface area contributed by atoms with Crippen molar-refractivity contribution in [3.8, 4) is 0 Å². The van der Waals surface area contributed by atoms with Crippen molar-refractivity contribution in [2.24, 2.45) is 5.92 Å². The SMILES string of the molecule is Cc1cc(CC(C)C)c(C(C)C)cc1C. The van der Waals surface area contributed by atoms with E-state index in [4.69, 9.17) is 0 Å². The van der Waals surface area contributed by atoms with Gasteiger partial charge in [0.05, 0.1) is 0 Å². The summed E-state index contributed by atoms with van der Waals surface area (Å²) in [4.78, 5) is 0. The zero-order chi connectivity index (χ0) is 11.6. The molecule has 0 atom stereocenters. The van der Waals surface area contributed by atoms with Gasteiger partial charge in [0.15, 0.2) is 0 Å². The highest BCUT2D eigenvalue weighted by molar-refractivity contribution is 5.39. The summed E-state index contributed by atoms with van der Waals surface area (Å²) < 4.78 is 0. The van der Waals surface area contributed by atoms with Crippen LogP contribution in [-0.4, -0.2) is 0 Å². The van der Waals surface area contributed by atoms with Crippen LogP contribution in [0.3, 0.4) is 0 Å². The molecule has 0 saturated heterocycles. The normalized spacial score (nSPS) is 11.5. The molecule has 84 valence electrons. The van der Waals surface area contributed by atoms with E-state index in [1.807, 2.05) is 0 Å². The molecule has 0 unspecified atom stereocenters. The third-order valence-corrected chi connectivity index (χ3v) is 3.01. The molecule has 0 fully saturated rings. The number of rotatable bonds is 3. The van der Waals surface area contributed by atoms with Crippen LogP contribution in [0.1, 0.15) is 55.9 Å². The van der Waals surface area contributed by atoms with Crippen molar-refractivity contribution in [2.75, 3.05) is 0 Å². The van der Waals surface area contributed by atoms with Crippen molar-refractivity contribution in [3.63, 3.8) is 0 Å². The van der Waals surface area contributed by atoms with Gasteiger partial charge in [-0.2, -0.15) is 0 Å². The quantitative estimate of drug-likeness (QED) is 0.673. The van der Waals surface area contributed by atoms with E-state index in [-0.39, 0.29) is 0 Å². The molecule has 0 spiro atoms. The van der Waals surface area contributed by atoms with Crippen molar-refractivity contribution < 1.29 is 0 Å². The molecule has 0 N–H and O–H groups in total. The zero-order valence-corrected chi connectivity index (χ0v) is 11.0. The number of aryl methyl sites for hydroxylation is 2. The van der Waals surface area contributed by atoms with Gasteiger partial charge in [-0.15, -0.1) is 0 Å². The smallest absolute Gasteiger partial charge is 0.0216 e. The molecule has 0 amide bonds. The van der Waals surface area contributed by atoms with Crippen LogP contribution in [0.15, 0.2) is 12.1 Å². The van der Waals surface area contributed by atoms with E-state index in [9.17, 15) is 0 Å². The maximum Gasteiger partial charge on any atom is -0.0216 e. The zero-order valence-electron chi connectivity index (χ0n) is 11.0. The minimum atomic E-state index is 0.637. The van der Waals surface area contributed by atoms with E-state index >= 15 is 0 Å². The van der Waals surface area contributed by atoms with Crippen LogP contribution >= 0.6 is 0 Å². The Morgan fingerprint density at radius 1 is 0.933 bits per heavy atom. The van der Waals surface area contributed by atoms with Crippen molar-refractivity contribution >= 4 is 0 Å². The third kappa shape index (κ3) is 3.09. The first-order valence-electron chi connectivity index (χ1n) is 6.01. The highest BCUT2D eigenvalue weighted by atomic mass is 14.1. The summed E-state index contributed by atoms with van der Waals surface area (Å²) in [5.41, 5.74) is 5.93. The topological polar surface area (TPSA) is 0 Å². The van der Waals surface area contributed by atoms with Crippen molar-refractivity contribution in [1.82, 2.24) is 0 Å². The lowest BCUT2D eigenvalue weighted by molar-refractivity contribution is 0.638. The van der Waals surface area contributed by atoms with Gasteiger partial charge in [0.25, 0.3) is 0 Å². The summed E-state index contributed by atoms with van der Waals surface area (Å²) in [6.07, 6.45) is 1.20. The van der Waals surface area contributed by atoms with E-state index < -0.39 is 0 Å². The molecule has 0 aromatic heterocycles. The predicted octanol–water partition coefficient (Wildman–Crippen LogP) is 4.63. The fraction of sp³-hybridized carbons (Fsp3) is 0.600. The van der Waals surface area contributed by atoms with Gasteiger partial charge in [-0.25, -0.2) is 0 Å². The Hall–Kier alpha value is -0.780. The average molecular weight is 204 g/mol. The maximum atomic E-state index is 2.38. The fourth-order valence-electron chi connectivity index (χ4n) is 2.05. The Morgan fingerprint density at radius 2 is 1.47 bits per heavy atom. The van der Waals surface area contributed by atoms with E-state index in [0.717, 1.165) is 5.92 Å². The summed E-state index contributed by atoms with van der Waals surface area (Å²) in [5, 5.41) is 0. The third-order valence-electron chi connectivity index (χ3n) is 3.01. The molecule has 1 aromatic rings. The van der Waals surface area contributed by atoms with Crippen molar-refractivity contribution in [3.05, 3.63) is 34.4 Å². The molecule has 0 heterocycles. The molecule has 0 aliphatic heterocycles. The molecule has 15 heavy (non-hydrogen) atoms. The number of hydrogen-bond acceptors (Lipinski definition) is 0. The second kappa shape index (κ2) is 4.83. The van der Waals surface area contributed by atoms with Gasteiger partial charge in [0, 0.05) is 0 Å². The molecule has 1 rings (SSSR count). The van der Waals surface area contributed by atoms with Crippen LogP contribution in [0.2, 0.25) is 0 Å². The van der Waals surface area contributed by atoms with Gasteiger partial charge < -0.3 is 0 Å². The number of hydrogen-bond donors (Lipinski definition) is 0. The van der Waals surface area contributed by atoms with Gasteiger partial charge >= 0.3 is 0 Å². The Bertz CT molecular complexity index is 332. The lowest BCUT2D eigenvalue weighted by atomic mass is 9.89. The van der Waals surface area contributed by atoms with E-state index in [2.05, 4.69) is 53.7 Å². The summed E-state index contributed by atoms with van der Waals surface area (Å²) in [5.74, 6) is 1.38. The molecule has 0 bridgehead atoms. The average Bonchev–Trinajstić information content (AvgIpc) is 2.09.